The summed E-state index contributed by atoms with van der Waals surface area (Å²) in [6, 6.07) is 5.42. The molecule has 1 fully saturated rings. The number of aromatic nitrogens is 2. The van der Waals surface area contributed by atoms with E-state index >= 15 is 0 Å². The maximum absolute atomic E-state index is 6.03. The molecule has 118 valence electrons. The monoisotopic (exact) mass is 324 g/mol. The van der Waals surface area contributed by atoms with Crippen LogP contribution in [-0.4, -0.2) is 37.6 Å². The van der Waals surface area contributed by atoms with Crippen molar-refractivity contribution in [2.75, 3.05) is 27.4 Å². The average Bonchev–Trinajstić information content (AvgIpc) is 3.17. The first-order valence-electron chi connectivity index (χ1n) is 6.95. The molecule has 0 aliphatic carbocycles. The first-order chi connectivity index (χ1) is 10.7. The molecule has 0 bridgehead atoms. The number of halogens is 1. The van der Waals surface area contributed by atoms with Gasteiger partial charge in [0.2, 0.25) is 5.89 Å². The maximum atomic E-state index is 6.03. The highest BCUT2D eigenvalue weighted by atomic mass is 35.5. The highest BCUT2D eigenvalue weighted by Gasteiger charge is 2.42. The maximum Gasteiger partial charge on any atom is 0.250 e. The summed E-state index contributed by atoms with van der Waals surface area (Å²) in [5, 5.41) is 8.86. The summed E-state index contributed by atoms with van der Waals surface area (Å²) in [5.41, 5.74) is 0.253. The second-order valence-corrected chi connectivity index (χ2v) is 5.57. The summed E-state index contributed by atoms with van der Waals surface area (Å²) in [4.78, 5) is 0. The molecular weight excluding hydrogens is 308 g/mol. The highest BCUT2D eigenvalue weighted by molar-refractivity contribution is 6.30. The predicted molar refractivity (Wildman–Crippen MR) is 79.2 cm³/mol. The summed E-state index contributed by atoms with van der Waals surface area (Å²) >= 11 is 6.03. The van der Waals surface area contributed by atoms with Crippen LogP contribution in [-0.2, 0) is 21.5 Å². The van der Waals surface area contributed by atoms with Gasteiger partial charge in [0.1, 0.15) is 5.75 Å². The Morgan fingerprint density at radius 2 is 2.18 bits per heavy atom. The van der Waals surface area contributed by atoms with E-state index in [1.54, 1.807) is 20.3 Å². The van der Waals surface area contributed by atoms with Crippen LogP contribution in [0.5, 0.6) is 5.75 Å². The molecule has 7 heteroatoms. The van der Waals surface area contributed by atoms with Gasteiger partial charge in [0.05, 0.1) is 26.7 Å². The SMILES string of the molecule is COc1ccc(Cl)cc1Cc1nnc(C2(OC)CCOC2)o1. The second-order valence-electron chi connectivity index (χ2n) is 5.13. The van der Waals surface area contributed by atoms with E-state index in [2.05, 4.69) is 10.2 Å². The Morgan fingerprint density at radius 1 is 1.32 bits per heavy atom. The van der Waals surface area contributed by atoms with Crippen LogP contribution in [0.1, 0.15) is 23.8 Å². The molecule has 1 atom stereocenters. The minimum Gasteiger partial charge on any atom is -0.496 e. The summed E-state index contributed by atoms with van der Waals surface area (Å²) in [6.07, 6.45) is 1.14. The predicted octanol–water partition coefficient (Wildman–Crippen LogP) is 2.58. The topological polar surface area (TPSA) is 66.6 Å². The minimum atomic E-state index is -0.635. The second kappa shape index (κ2) is 6.24. The van der Waals surface area contributed by atoms with Gasteiger partial charge in [0.15, 0.2) is 5.60 Å². The first kappa shape index (κ1) is 15.3. The van der Waals surface area contributed by atoms with E-state index in [1.165, 1.54) is 0 Å². The fraction of sp³-hybridized carbons (Fsp3) is 0.467. The van der Waals surface area contributed by atoms with Crippen molar-refractivity contribution in [2.45, 2.75) is 18.4 Å². The van der Waals surface area contributed by atoms with Crippen LogP contribution in [0.3, 0.4) is 0 Å². The Bertz CT molecular complexity index is 653. The van der Waals surface area contributed by atoms with Gasteiger partial charge in [0.25, 0.3) is 5.89 Å². The van der Waals surface area contributed by atoms with Crippen molar-refractivity contribution in [1.29, 1.82) is 0 Å². The molecule has 2 heterocycles. The fourth-order valence-corrected chi connectivity index (χ4v) is 2.72. The van der Waals surface area contributed by atoms with Gasteiger partial charge < -0.3 is 18.6 Å². The molecule has 3 rings (SSSR count). The molecule has 1 aliphatic heterocycles. The van der Waals surface area contributed by atoms with Crippen molar-refractivity contribution in [2.24, 2.45) is 0 Å². The number of benzene rings is 1. The van der Waals surface area contributed by atoms with Gasteiger partial charge in [-0.2, -0.15) is 0 Å². The van der Waals surface area contributed by atoms with Gasteiger partial charge >= 0.3 is 0 Å². The average molecular weight is 325 g/mol. The third-order valence-electron chi connectivity index (χ3n) is 3.82. The smallest absolute Gasteiger partial charge is 0.250 e. The Hall–Kier alpha value is -1.63. The zero-order chi connectivity index (χ0) is 15.6. The zero-order valence-electron chi connectivity index (χ0n) is 12.5. The molecule has 22 heavy (non-hydrogen) atoms. The lowest BCUT2D eigenvalue weighted by molar-refractivity contribution is -0.0416. The molecule has 0 amide bonds. The molecule has 6 nitrogen and oxygen atoms in total. The highest BCUT2D eigenvalue weighted by Crippen LogP contribution is 2.33. The van der Waals surface area contributed by atoms with Gasteiger partial charge in [-0.25, -0.2) is 0 Å². The van der Waals surface area contributed by atoms with Crippen molar-refractivity contribution >= 4 is 11.6 Å². The molecular formula is C15H17ClN2O4. The lowest BCUT2D eigenvalue weighted by atomic mass is 10.0. The van der Waals surface area contributed by atoms with E-state index in [-0.39, 0.29) is 0 Å². The number of ether oxygens (including phenoxy) is 3. The van der Waals surface area contributed by atoms with Crippen molar-refractivity contribution < 1.29 is 18.6 Å². The molecule has 1 aliphatic rings. The van der Waals surface area contributed by atoms with E-state index in [0.717, 1.165) is 11.3 Å². The molecule has 0 saturated carbocycles. The number of methoxy groups -OCH3 is 2. The molecule has 1 unspecified atom stereocenters. The van der Waals surface area contributed by atoms with Gasteiger partial charge in [0, 0.05) is 24.1 Å². The zero-order valence-corrected chi connectivity index (χ0v) is 13.2. The van der Waals surface area contributed by atoms with Crippen molar-refractivity contribution in [3.8, 4) is 5.75 Å². The summed E-state index contributed by atoms with van der Waals surface area (Å²) in [7, 11) is 3.24. The van der Waals surface area contributed by atoms with Crippen molar-refractivity contribution in [3.05, 3.63) is 40.6 Å². The normalized spacial score (nSPS) is 21.2. The standard InChI is InChI=1S/C15H17ClN2O4/c1-19-12-4-3-11(16)7-10(12)8-13-17-18-14(22-13)15(20-2)5-6-21-9-15/h3-4,7H,5-6,8-9H2,1-2H3. The van der Waals surface area contributed by atoms with Gasteiger partial charge in [-0.05, 0) is 18.2 Å². The summed E-state index contributed by atoms with van der Waals surface area (Å²) in [6.45, 7) is 1.04. The summed E-state index contributed by atoms with van der Waals surface area (Å²) < 4.78 is 22.0. The Morgan fingerprint density at radius 3 is 2.86 bits per heavy atom. The molecule has 0 N–H and O–H groups in total. The van der Waals surface area contributed by atoms with Crippen molar-refractivity contribution in [3.63, 3.8) is 0 Å². The van der Waals surface area contributed by atoms with Crippen LogP contribution in [0, 0.1) is 0 Å². The molecule has 1 aromatic carbocycles. The van der Waals surface area contributed by atoms with E-state index < -0.39 is 5.60 Å². The Kier molecular flexibility index (Phi) is 4.33. The van der Waals surface area contributed by atoms with Gasteiger partial charge in [-0.15, -0.1) is 10.2 Å². The van der Waals surface area contributed by atoms with E-state index in [9.17, 15) is 0 Å². The van der Waals surface area contributed by atoms with Crippen LogP contribution >= 0.6 is 11.6 Å². The third kappa shape index (κ3) is 2.82. The lowest BCUT2D eigenvalue weighted by Gasteiger charge is -2.20. The minimum absolute atomic E-state index is 0.422. The molecule has 1 saturated heterocycles. The lowest BCUT2D eigenvalue weighted by Crippen LogP contribution is -2.29. The fourth-order valence-electron chi connectivity index (χ4n) is 2.52. The summed E-state index contributed by atoms with van der Waals surface area (Å²) in [5.74, 6) is 1.66. The van der Waals surface area contributed by atoms with E-state index in [4.69, 9.17) is 30.2 Å². The number of rotatable bonds is 5. The van der Waals surface area contributed by atoms with Crippen LogP contribution in [0.2, 0.25) is 5.02 Å². The number of hydrogen-bond donors (Lipinski definition) is 0. The quantitative estimate of drug-likeness (QED) is 0.842. The van der Waals surface area contributed by atoms with E-state index in [0.29, 0.717) is 42.9 Å². The van der Waals surface area contributed by atoms with Gasteiger partial charge in [-0.3, -0.25) is 0 Å². The molecule has 0 radical (unpaired) electrons. The number of hydrogen-bond acceptors (Lipinski definition) is 6. The van der Waals surface area contributed by atoms with Crippen LogP contribution in [0.4, 0.5) is 0 Å². The Labute approximate surface area is 133 Å². The third-order valence-corrected chi connectivity index (χ3v) is 4.05. The van der Waals surface area contributed by atoms with Crippen LogP contribution in [0.25, 0.3) is 0 Å². The molecule has 2 aromatic rings. The van der Waals surface area contributed by atoms with Crippen molar-refractivity contribution in [1.82, 2.24) is 10.2 Å². The molecule has 0 spiro atoms. The largest absolute Gasteiger partial charge is 0.496 e. The van der Waals surface area contributed by atoms with Crippen LogP contribution < -0.4 is 4.74 Å². The first-order valence-corrected chi connectivity index (χ1v) is 7.33. The van der Waals surface area contributed by atoms with Gasteiger partial charge in [-0.1, -0.05) is 11.6 Å². The van der Waals surface area contributed by atoms with Crippen LogP contribution in [0.15, 0.2) is 22.6 Å². The number of nitrogens with zero attached hydrogens (tertiary/aromatic N) is 2. The Balaban J connectivity index is 1.84. The molecule has 1 aromatic heterocycles. The van der Waals surface area contributed by atoms with E-state index in [1.807, 2.05) is 12.1 Å².